The van der Waals surface area contributed by atoms with Crippen LogP contribution in [0.5, 0.6) is 0 Å². The molecule has 118 valence electrons. The predicted octanol–water partition coefficient (Wildman–Crippen LogP) is 3.58. The maximum atomic E-state index is 12.1. The molecule has 0 unspecified atom stereocenters. The molecule has 2 heterocycles. The van der Waals surface area contributed by atoms with Gasteiger partial charge in [-0.2, -0.15) is 0 Å². The number of hydrogen-bond donors (Lipinski definition) is 2. The van der Waals surface area contributed by atoms with Gasteiger partial charge in [0.25, 0.3) is 0 Å². The Bertz CT molecular complexity index is 821. The van der Waals surface area contributed by atoms with Crippen LogP contribution in [-0.4, -0.2) is 26.6 Å². The molecule has 1 aromatic carbocycles. The molecule has 2 N–H and O–H groups in total. The number of nitrogens with one attached hydrogen (secondary N) is 2. The van der Waals surface area contributed by atoms with Crippen LogP contribution in [0.1, 0.15) is 18.5 Å². The van der Waals surface area contributed by atoms with Crippen LogP contribution in [0.4, 0.5) is 0 Å². The SMILES string of the molecule is C[C@@H](NC(=O)CSc1nc2ncc(Cl)cc2[nH]1)c1ccccc1. The Morgan fingerprint density at radius 3 is 2.96 bits per heavy atom. The smallest absolute Gasteiger partial charge is 0.230 e. The Morgan fingerprint density at radius 2 is 2.17 bits per heavy atom. The molecule has 0 saturated heterocycles. The first kappa shape index (κ1) is 15.8. The first-order valence-electron chi connectivity index (χ1n) is 7.10. The minimum absolute atomic E-state index is 0.0274. The number of nitrogens with zero attached hydrogens (tertiary/aromatic N) is 2. The van der Waals surface area contributed by atoms with E-state index < -0.39 is 0 Å². The highest BCUT2D eigenvalue weighted by atomic mass is 35.5. The van der Waals surface area contributed by atoms with Crippen LogP contribution in [0, 0.1) is 0 Å². The van der Waals surface area contributed by atoms with Crippen molar-refractivity contribution in [3.05, 3.63) is 53.2 Å². The second-order valence-electron chi connectivity index (χ2n) is 5.06. The van der Waals surface area contributed by atoms with E-state index in [9.17, 15) is 4.79 Å². The van der Waals surface area contributed by atoms with Crippen molar-refractivity contribution in [1.29, 1.82) is 0 Å². The number of fused-ring (bicyclic) bond motifs is 1. The zero-order valence-corrected chi connectivity index (χ0v) is 14.0. The molecular weight excluding hydrogens is 332 g/mol. The molecule has 0 radical (unpaired) electrons. The van der Waals surface area contributed by atoms with Gasteiger partial charge in [-0.1, -0.05) is 53.7 Å². The zero-order chi connectivity index (χ0) is 16.2. The van der Waals surface area contributed by atoms with Gasteiger partial charge in [0, 0.05) is 6.20 Å². The summed E-state index contributed by atoms with van der Waals surface area (Å²) in [6.45, 7) is 1.96. The molecule has 3 aromatic rings. The van der Waals surface area contributed by atoms with E-state index in [0.717, 1.165) is 11.1 Å². The summed E-state index contributed by atoms with van der Waals surface area (Å²) in [6.07, 6.45) is 1.55. The van der Waals surface area contributed by atoms with Crippen molar-refractivity contribution in [3.8, 4) is 0 Å². The van der Waals surface area contributed by atoms with Crippen LogP contribution in [0.3, 0.4) is 0 Å². The van der Waals surface area contributed by atoms with Gasteiger partial charge in [-0.05, 0) is 18.6 Å². The number of thioether (sulfide) groups is 1. The number of pyridine rings is 1. The van der Waals surface area contributed by atoms with Crippen LogP contribution in [0.2, 0.25) is 5.02 Å². The Hall–Kier alpha value is -2.05. The van der Waals surface area contributed by atoms with Gasteiger partial charge in [0.2, 0.25) is 5.91 Å². The molecule has 2 aromatic heterocycles. The molecule has 23 heavy (non-hydrogen) atoms. The van der Waals surface area contributed by atoms with Gasteiger partial charge < -0.3 is 10.3 Å². The van der Waals surface area contributed by atoms with E-state index in [1.807, 2.05) is 37.3 Å². The zero-order valence-electron chi connectivity index (χ0n) is 12.4. The molecule has 0 saturated carbocycles. The van der Waals surface area contributed by atoms with E-state index in [1.54, 1.807) is 12.3 Å². The standard InChI is InChI=1S/C16H15ClN4OS/c1-10(11-5-3-2-4-6-11)19-14(22)9-23-16-20-13-7-12(17)8-18-15(13)21-16/h2-8,10H,9H2,1H3,(H,19,22)(H,18,20,21)/t10-/m1/s1. The van der Waals surface area contributed by atoms with Crippen molar-refractivity contribution in [1.82, 2.24) is 20.3 Å². The number of aromatic nitrogens is 3. The molecule has 1 atom stereocenters. The lowest BCUT2D eigenvalue weighted by Gasteiger charge is -2.13. The molecule has 5 nitrogen and oxygen atoms in total. The highest BCUT2D eigenvalue weighted by Crippen LogP contribution is 2.20. The fourth-order valence-corrected chi connectivity index (χ4v) is 3.01. The first-order chi connectivity index (χ1) is 11.1. The third kappa shape index (κ3) is 4.03. The average Bonchev–Trinajstić information content (AvgIpc) is 2.95. The van der Waals surface area contributed by atoms with Crippen molar-refractivity contribution in [2.45, 2.75) is 18.1 Å². The second-order valence-corrected chi connectivity index (χ2v) is 6.46. The third-order valence-electron chi connectivity index (χ3n) is 3.30. The molecule has 0 aliphatic heterocycles. The summed E-state index contributed by atoms with van der Waals surface area (Å²) in [6, 6.07) is 11.6. The van der Waals surface area contributed by atoms with Crippen molar-refractivity contribution < 1.29 is 4.79 Å². The average molecular weight is 347 g/mol. The maximum Gasteiger partial charge on any atom is 0.230 e. The molecule has 0 aliphatic rings. The van der Waals surface area contributed by atoms with Gasteiger partial charge in [0.05, 0.1) is 22.3 Å². The minimum Gasteiger partial charge on any atom is -0.349 e. The molecule has 3 rings (SSSR count). The van der Waals surface area contributed by atoms with Crippen molar-refractivity contribution in [3.63, 3.8) is 0 Å². The third-order valence-corrected chi connectivity index (χ3v) is 4.38. The van der Waals surface area contributed by atoms with Gasteiger partial charge in [0.1, 0.15) is 0 Å². The lowest BCUT2D eigenvalue weighted by molar-refractivity contribution is -0.119. The summed E-state index contributed by atoms with van der Waals surface area (Å²) in [5.74, 6) is 0.239. The lowest BCUT2D eigenvalue weighted by Crippen LogP contribution is -2.28. The Morgan fingerprint density at radius 1 is 1.39 bits per heavy atom. The van der Waals surface area contributed by atoms with Crippen molar-refractivity contribution in [2.75, 3.05) is 5.75 Å². The number of amides is 1. The van der Waals surface area contributed by atoms with E-state index >= 15 is 0 Å². The fraction of sp³-hybridized carbons (Fsp3) is 0.188. The Balaban J connectivity index is 1.57. The summed E-state index contributed by atoms with van der Waals surface area (Å²) < 4.78 is 0. The minimum atomic E-state index is -0.0437. The second kappa shape index (κ2) is 7.02. The quantitative estimate of drug-likeness (QED) is 0.693. The van der Waals surface area contributed by atoms with Crippen LogP contribution < -0.4 is 5.32 Å². The number of aromatic amines is 1. The molecule has 0 spiro atoms. The van der Waals surface area contributed by atoms with Crippen LogP contribution in [0.25, 0.3) is 11.2 Å². The maximum absolute atomic E-state index is 12.1. The van der Waals surface area contributed by atoms with Crippen molar-refractivity contribution in [2.24, 2.45) is 0 Å². The van der Waals surface area contributed by atoms with Crippen molar-refractivity contribution >= 4 is 40.4 Å². The molecular formula is C16H15ClN4OS. The molecule has 0 fully saturated rings. The molecule has 1 amide bonds. The van der Waals surface area contributed by atoms with E-state index in [0.29, 0.717) is 15.8 Å². The Labute approximate surface area is 142 Å². The molecule has 0 bridgehead atoms. The number of carbonyl (C=O) groups excluding carboxylic acids is 1. The van der Waals surface area contributed by atoms with E-state index in [2.05, 4.69) is 20.3 Å². The number of carbonyl (C=O) groups is 1. The highest BCUT2D eigenvalue weighted by molar-refractivity contribution is 7.99. The number of halogens is 1. The number of rotatable bonds is 5. The van der Waals surface area contributed by atoms with Gasteiger partial charge in [-0.25, -0.2) is 9.97 Å². The molecule has 0 aliphatic carbocycles. The number of H-pyrrole nitrogens is 1. The topological polar surface area (TPSA) is 70.7 Å². The van der Waals surface area contributed by atoms with Gasteiger partial charge >= 0.3 is 0 Å². The van der Waals surface area contributed by atoms with E-state index in [1.165, 1.54) is 11.8 Å². The number of benzene rings is 1. The summed E-state index contributed by atoms with van der Waals surface area (Å²) in [7, 11) is 0. The van der Waals surface area contributed by atoms with Crippen LogP contribution in [0.15, 0.2) is 47.8 Å². The summed E-state index contributed by atoms with van der Waals surface area (Å²) >= 11 is 7.23. The fourth-order valence-electron chi connectivity index (χ4n) is 2.16. The summed E-state index contributed by atoms with van der Waals surface area (Å²) in [5.41, 5.74) is 2.43. The highest BCUT2D eigenvalue weighted by Gasteiger charge is 2.11. The van der Waals surface area contributed by atoms with Gasteiger partial charge in [-0.3, -0.25) is 4.79 Å². The first-order valence-corrected chi connectivity index (χ1v) is 8.46. The summed E-state index contributed by atoms with van der Waals surface area (Å²) in [5, 5.41) is 4.17. The summed E-state index contributed by atoms with van der Waals surface area (Å²) in [4.78, 5) is 23.6. The lowest BCUT2D eigenvalue weighted by atomic mass is 10.1. The largest absolute Gasteiger partial charge is 0.349 e. The van der Waals surface area contributed by atoms with Crippen LogP contribution in [-0.2, 0) is 4.79 Å². The van der Waals surface area contributed by atoms with Gasteiger partial charge in [0.15, 0.2) is 10.8 Å². The normalized spacial score (nSPS) is 12.3. The number of imidazole rings is 1. The monoisotopic (exact) mass is 346 g/mol. The predicted molar refractivity (Wildman–Crippen MR) is 92.6 cm³/mol. The Kier molecular flexibility index (Phi) is 4.83. The molecule has 7 heteroatoms. The van der Waals surface area contributed by atoms with E-state index in [4.69, 9.17) is 11.6 Å². The number of hydrogen-bond acceptors (Lipinski definition) is 4. The van der Waals surface area contributed by atoms with Crippen LogP contribution >= 0.6 is 23.4 Å². The van der Waals surface area contributed by atoms with E-state index in [-0.39, 0.29) is 17.7 Å². The van der Waals surface area contributed by atoms with Gasteiger partial charge in [-0.15, -0.1) is 0 Å².